The number of ether oxygens (including phenoxy) is 2. The number of nitrogens with two attached hydrogens (primary N) is 1. The normalized spacial score (nSPS) is 30.3. The van der Waals surface area contributed by atoms with Crippen LogP contribution in [0.15, 0.2) is 0 Å². The number of carboxylic acids is 1. The molecule has 1 amide bonds. The Labute approximate surface area is 179 Å². The van der Waals surface area contributed by atoms with Crippen LogP contribution in [0.25, 0.3) is 0 Å². The summed E-state index contributed by atoms with van der Waals surface area (Å²) in [6, 6.07) is -3.47. The molecule has 5 unspecified atom stereocenters. The number of rotatable bonds is 12. The molecule has 180 valence electrons. The van der Waals surface area contributed by atoms with Crippen molar-refractivity contribution in [3.05, 3.63) is 0 Å². The molecule has 31 heavy (non-hydrogen) atoms. The van der Waals surface area contributed by atoms with E-state index >= 15 is 0 Å². The summed E-state index contributed by atoms with van der Waals surface area (Å²) in [4.78, 5) is 34.4. The Bertz CT molecular complexity index is 626. The molecule has 0 aromatic carbocycles. The highest BCUT2D eigenvalue weighted by Crippen LogP contribution is 2.35. The fourth-order valence-corrected chi connectivity index (χ4v) is 3.29. The number of halogens is 2. The lowest BCUT2D eigenvalue weighted by molar-refractivity contribution is -0.276. The lowest BCUT2D eigenvalue weighted by atomic mass is 9.86. The van der Waals surface area contributed by atoms with E-state index in [9.17, 15) is 33.4 Å². The van der Waals surface area contributed by atoms with Crippen molar-refractivity contribution in [2.24, 2.45) is 5.73 Å². The smallest absolute Gasteiger partial charge is 0.372 e. The van der Waals surface area contributed by atoms with Gasteiger partial charge in [-0.25, -0.2) is 9.18 Å². The predicted molar refractivity (Wildman–Crippen MR) is 103 cm³/mol. The lowest BCUT2D eigenvalue weighted by Gasteiger charge is -2.45. The van der Waals surface area contributed by atoms with Crippen molar-refractivity contribution in [1.82, 2.24) is 5.32 Å². The summed E-state index contributed by atoms with van der Waals surface area (Å²) < 4.78 is 38.4. The van der Waals surface area contributed by atoms with Crippen molar-refractivity contribution in [1.29, 1.82) is 0 Å². The van der Waals surface area contributed by atoms with Gasteiger partial charge in [-0.15, -0.1) is 0 Å². The molecule has 0 radical (unpaired) electrons. The molecule has 1 heterocycles. The van der Waals surface area contributed by atoms with Crippen molar-refractivity contribution in [2.45, 2.75) is 94.8 Å². The molecule has 1 aliphatic rings. The van der Waals surface area contributed by atoms with Crippen LogP contribution >= 0.6 is 0 Å². The molecule has 1 fully saturated rings. The van der Waals surface area contributed by atoms with Gasteiger partial charge in [-0.1, -0.05) is 32.6 Å². The standard InChI is InChI=1S/C19H32F2N2O8/c1-3-4-5-6-7-8-12(26)30-9-11(25)15(27)16-14(23-10(2)24)13(22)17(20)19(21,31-16)18(28)29/h11,13-17,25,27H,3-9,22H2,1-2H3,(H,23,24)(H,28,29)/t11-,13?,14?,15-,16?,17?,19?/m1/s1. The van der Waals surface area contributed by atoms with Crippen LogP contribution < -0.4 is 11.1 Å². The van der Waals surface area contributed by atoms with E-state index in [1.54, 1.807) is 0 Å². The van der Waals surface area contributed by atoms with Gasteiger partial charge in [0.05, 0.1) is 12.1 Å². The van der Waals surface area contributed by atoms with Crippen molar-refractivity contribution >= 4 is 17.8 Å². The molecule has 0 aromatic rings. The van der Waals surface area contributed by atoms with E-state index in [0.29, 0.717) is 6.42 Å². The summed E-state index contributed by atoms with van der Waals surface area (Å²) in [5.74, 6) is -7.59. The number of hydrogen-bond acceptors (Lipinski definition) is 8. The zero-order valence-electron chi connectivity index (χ0n) is 17.6. The first-order valence-corrected chi connectivity index (χ1v) is 10.2. The predicted octanol–water partition coefficient (Wildman–Crippen LogP) is -0.0688. The van der Waals surface area contributed by atoms with Gasteiger partial charge in [0.15, 0.2) is 6.17 Å². The van der Waals surface area contributed by atoms with E-state index in [1.165, 1.54) is 0 Å². The van der Waals surface area contributed by atoms with Crippen molar-refractivity contribution in [3.63, 3.8) is 0 Å². The minimum atomic E-state index is -3.91. The molecule has 1 rings (SSSR count). The first-order chi connectivity index (χ1) is 14.5. The number of nitrogens with one attached hydrogen (secondary N) is 1. The average Bonchev–Trinajstić information content (AvgIpc) is 2.71. The fraction of sp³-hybridized carbons (Fsp3) is 0.842. The number of carbonyl (C=O) groups is 3. The zero-order chi connectivity index (χ0) is 23.8. The van der Waals surface area contributed by atoms with Gasteiger partial charge < -0.3 is 35.8 Å². The van der Waals surface area contributed by atoms with Crippen LogP contribution in [0.2, 0.25) is 0 Å². The van der Waals surface area contributed by atoms with Gasteiger partial charge in [0, 0.05) is 13.3 Å². The zero-order valence-corrected chi connectivity index (χ0v) is 17.6. The maximum absolute atomic E-state index is 14.6. The van der Waals surface area contributed by atoms with Crippen LogP contribution in [0.4, 0.5) is 8.78 Å². The molecule has 12 heteroatoms. The summed E-state index contributed by atoms with van der Waals surface area (Å²) >= 11 is 0. The molecule has 0 aliphatic carbocycles. The van der Waals surface area contributed by atoms with Crippen LogP contribution in [0.5, 0.6) is 0 Å². The second-order valence-corrected chi connectivity index (χ2v) is 7.64. The number of amides is 1. The molecular weight excluding hydrogens is 422 g/mol. The van der Waals surface area contributed by atoms with Crippen LogP contribution in [0.3, 0.4) is 0 Å². The highest BCUT2D eigenvalue weighted by molar-refractivity contribution is 5.77. The van der Waals surface area contributed by atoms with Crippen molar-refractivity contribution in [2.75, 3.05) is 6.61 Å². The van der Waals surface area contributed by atoms with Gasteiger partial charge in [-0.2, -0.15) is 4.39 Å². The van der Waals surface area contributed by atoms with Gasteiger partial charge in [0.2, 0.25) is 5.91 Å². The summed E-state index contributed by atoms with van der Waals surface area (Å²) in [7, 11) is 0. The molecule has 0 aromatic heterocycles. The highest BCUT2D eigenvalue weighted by Gasteiger charge is 2.62. The minimum absolute atomic E-state index is 0.0992. The molecule has 6 N–H and O–H groups in total. The number of hydrogen-bond donors (Lipinski definition) is 5. The molecule has 0 bridgehead atoms. The Morgan fingerprint density at radius 2 is 1.84 bits per heavy atom. The molecule has 0 saturated carbocycles. The monoisotopic (exact) mass is 454 g/mol. The largest absolute Gasteiger partial charge is 0.477 e. The molecule has 1 aliphatic heterocycles. The summed E-state index contributed by atoms with van der Waals surface area (Å²) in [6.07, 6.45) is -4.11. The Hall–Kier alpha value is -1.89. The third-order valence-electron chi connectivity index (χ3n) is 5.06. The number of alkyl halides is 2. The summed E-state index contributed by atoms with van der Waals surface area (Å²) in [5.41, 5.74) is 5.57. The van der Waals surface area contributed by atoms with Gasteiger partial charge in [0.25, 0.3) is 0 Å². The maximum Gasteiger partial charge on any atom is 0.372 e. The third kappa shape index (κ3) is 7.34. The minimum Gasteiger partial charge on any atom is -0.477 e. The number of carboxylic acid groups (broad SMARTS) is 1. The van der Waals surface area contributed by atoms with E-state index in [-0.39, 0.29) is 6.42 Å². The number of unbranched alkanes of at least 4 members (excludes halogenated alkanes) is 4. The van der Waals surface area contributed by atoms with E-state index in [1.807, 2.05) is 0 Å². The van der Waals surface area contributed by atoms with E-state index < -0.39 is 66.9 Å². The third-order valence-corrected chi connectivity index (χ3v) is 5.06. The second-order valence-electron chi connectivity index (χ2n) is 7.64. The van der Waals surface area contributed by atoms with E-state index in [4.69, 9.17) is 15.6 Å². The van der Waals surface area contributed by atoms with Gasteiger partial charge in [-0.3, -0.25) is 9.59 Å². The number of aliphatic hydroxyl groups is 2. The number of aliphatic carboxylic acids is 1. The Balaban J connectivity index is 2.78. The topological polar surface area (TPSA) is 168 Å². The van der Waals surface area contributed by atoms with Crippen LogP contribution in [-0.4, -0.2) is 82.2 Å². The SMILES string of the molecule is CCCCCCCC(=O)OC[C@@H](O)[C@@H](O)C1OC(F)(C(=O)O)C(F)C(N)C1NC(C)=O. The summed E-state index contributed by atoms with van der Waals surface area (Å²) in [6.45, 7) is 2.39. The van der Waals surface area contributed by atoms with E-state index in [0.717, 1.165) is 32.6 Å². The molecule has 10 nitrogen and oxygen atoms in total. The number of carbonyl (C=O) groups excluding carboxylic acids is 2. The number of esters is 1. The van der Waals surface area contributed by atoms with Crippen LogP contribution in [-0.2, 0) is 23.9 Å². The lowest BCUT2D eigenvalue weighted by Crippen LogP contribution is -2.73. The molecule has 1 saturated heterocycles. The Morgan fingerprint density at radius 3 is 2.39 bits per heavy atom. The van der Waals surface area contributed by atoms with Gasteiger partial charge >= 0.3 is 17.8 Å². The Kier molecular flexibility index (Phi) is 10.7. The maximum atomic E-state index is 14.6. The highest BCUT2D eigenvalue weighted by atomic mass is 19.2. The molecule has 7 atom stereocenters. The van der Waals surface area contributed by atoms with Crippen LogP contribution in [0, 0.1) is 0 Å². The Morgan fingerprint density at radius 1 is 1.23 bits per heavy atom. The molecular formula is C19H32F2N2O8. The average molecular weight is 454 g/mol. The molecule has 0 spiro atoms. The first-order valence-electron chi connectivity index (χ1n) is 10.2. The van der Waals surface area contributed by atoms with Gasteiger partial charge in [0.1, 0.15) is 24.9 Å². The van der Waals surface area contributed by atoms with Gasteiger partial charge in [-0.05, 0) is 6.42 Å². The van der Waals surface area contributed by atoms with Crippen LogP contribution in [0.1, 0.15) is 52.4 Å². The summed E-state index contributed by atoms with van der Waals surface area (Å²) in [5, 5.41) is 31.7. The first kappa shape index (κ1) is 27.1. The second kappa shape index (κ2) is 12.2. The van der Waals surface area contributed by atoms with Crippen molar-refractivity contribution in [3.8, 4) is 0 Å². The number of aliphatic hydroxyl groups excluding tert-OH is 2. The van der Waals surface area contributed by atoms with Crippen molar-refractivity contribution < 1.29 is 48.0 Å². The quantitative estimate of drug-likeness (QED) is 0.200. The van der Waals surface area contributed by atoms with E-state index in [2.05, 4.69) is 17.0 Å². The fourth-order valence-electron chi connectivity index (χ4n) is 3.29.